The van der Waals surface area contributed by atoms with Crippen molar-refractivity contribution in [2.75, 3.05) is 13.1 Å². The van der Waals surface area contributed by atoms with Gasteiger partial charge in [-0.1, -0.05) is 24.3 Å². The lowest BCUT2D eigenvalue weighted by molar-refractivity contribution is 0.278. The largest absolute Gasteiger partial charge is 0.300 e. The summed E-state index contributed by atoms with van der Waals surface area (Å²) >= 11 is 0. The molecule has 0 radical (unpaired) electrons. The van der Waals surface area contributed by atoms with Gasteiger partial charge in [0.2, 0.25) is 0 Å². The van der Waals surface area contributed by atoms with E-state index in [1.165, 1.54) is 11.1 Å². The lowest BCUT2D eigenvalue weighted by atomic mass is 10.1. The van der Waals surface area contributed by atoms with Crippen molar-refractivity contribution in [2.24, 2.45) is 7.05 Å². The number of hydrogen-bond donors (Lipinski definition) is 0. The van der Waals surface area contributed by atoms with Crippen LogP contribution in [-0.4, -0.2) is 37.3 Å². The van der Waals surface area contributed by atoms with Gasteiger partial charge in [0.05, 0.1) is 12.2 Å². The average Bonchev–Trinajstić information content (AvgIpc) is 3.10. The van der Waals surface area contributed by atoms with Crippen molar-refractivity contribution in [3.05, 3.63) is 81.3 Å². The Hall–Kier alpha value is -2.73. The smallest absolute Gasteiger partial charge is 0.256 e. The van der Waals surface area contributed by atoms with E-state index < -0.39 is 0 Å². The Kier molecular flexibility index (Phi) is 4.90. The summed E-state index contributed by atoms with van der Waals surface area (Å²) in [6, 6.07) is 10.5. The lowest BCUT2D eigenvalue weighted by Crippen LogP contribution is -2.28. The number of aromatic nitrogens is 4. The highest BCUT2D eigenvalue weighted by Gasteiger charge is 2.20. The van der Waals surface area contributed by atoms with Crippen molar-refractivity contribution < 1.29 is 0 Å². The van der Waals surface area contributed by atoms with Crippen molar-refractivity contribution in [3.8, 4) is 0 Å². The molecule has 0 fully saturated rings. The van der Waals surface area contributed by atoms with Gasteiger partial charge < -0.3 is 0 Å². The first kappa shape index (κ1) is 17.7. The summed E-state index contributed by atoms with van der Waals surface area (Å²) in [5.41, 5.74) is 4.57. The average molecular weight is 363 g/mol. The van der Waals surface area contributed by atoms with Gasteiger partial charge in [-0.2, -0.15) is 5.10 Å². The Balaban J connectivity index is 1.52. The Morgan fingerprint density at radius 1 is 1.04 bits per heavy atom. The van der Waals surface area contributed by atoms with E-state index in [-0.39, 0.29) is 5.56 Å². The second-order valence-electron chi connectivity index (χ2n) is 7.20. The molecule has 0 amide bonds. The molecule has 0 bridgehead atoms. The van der Waals surface area contributed by atoms with Crippen LogP contribution in [0.3, 0.4) is 0 Å². The van der Waals surface area contributed by atoms with Crippen molar-refractivity contribution in [3.63, 3.8) is 0 Å². The Labute approximate surface area is 159 Å². The third-order valence-electron chi connectivity index (χ3n) is 5.44. The molecule has 3 heterocycles. The molecular formula is C21H25N5O. The predicted octanol–water partition coefficient (Wildman–Crippen LogP) is 1.93. The maximum Gasteiger partial charge on any atom is 0.256 e. The number of fused-ring (bicyclic) bond motifs is 1. The van der Waals surface area contributed by atoms with E-state index in [1.807, 2.05) is 30.1 Å². The van der Waals surface area contributed by atoms with Crippen molar-refractivity contribution in [2.45, 2.75) is 32.9 Å². The van der Waals surface area contributed by atoms with Gasteiger partial charge in [-0.25, -0.2) is 4.98 Å². The first-order valence-electron chi connectivity index (χ1n) is 9.44. The minimum atomic E-state index is 0.110. The number of hydrogen-bond acceptors (Lipinski definition) is 4. The van der Waals surface area contributed by atoms with E-state index in [1.54, 1.807) is 11.6 Å². The predicted molar refractivity (Wildman–Crippen MR) is 105 cm³/mol. The second-order valence-corrected chi connectivity index (χ2v) is 7.20. The third-order valence-corrected chi connectivity index (χ3v) is 5.44. The number of nitrogens with zero attached hydrogens (tertiary/aromatic N) is 5. The molecule has 6 heteroatoms. The van der Waals surface area contributed by atoms with Gasteiger partial charge >= 0.3 is 0 Å². The monoisotopic (exact) mass is 363 g/mol. The quantitative estimate of drug-likeness (QED) is 0.711. The SMILES string of the molecule is Cc1nc2c(c(=O)n1C)CCN(Cc1ccccc1Cn1cccn1)CC2. The van der Waals surface area contributed by atoms with Crippen molar-refractivity contribution in [1.29, 1.82) is 0 Å². The summed E-state index contributed by atoms with van der Waals surface area (Å²) < 4.78 is 3.61. The summed E-state index contributed by atoms with van der Waals surface area (Å²) in [4.78, 5) is 19.7. The summed E-state index contributed by atoms with van der Waals surface area (Å²) in [6.45, 7) is 5.35. The first-order valence-corrected chi connectivity index (χ1v) is 9.44. The van der Waals surface area contributed by atoms with Crippen LogP contribution in [-0.2, 0) is 33.0 Å². The van der Waals surface area contributed by atoms with Crippen LogP contribution in [0.5, 0.6) is 0 Å². The maximum atomic E-state index is 12.6. The fraction of sp³-hybridized carbons (Fsp3) is 0.381. The van der Waals surface area contributed by atoms with Gasteiger partial charge in [0.25, 0.3) is 5.56 Å². The van der Waals surface area contributed by atoms with E-state index in [2.05, 4.69) is 39.2 Å². The van der Waals surface area contributed by atoms with Gasteiger partial charge in [-0.3, -0.25) is 18.9 Å². The molecule has 2 aromatic heterocycles. The Morgan fingerprint density at radius 3 is 2.52 bits per heavy atom. The highest BCUT2D eigenvalue weighted by molar-refractivity contribution is 5.28. The molecule has 1 aromatic carbocycles. The summed E-state index contributed by atoms with van der Waals surface area (Å²) in [5, 5.41) is 4.33. The minimum absolute atomic E-state index is 0.110. The van der Waals surface area contributed by atoms with Crippen LogP contribution in [0.2, 0.25) is 0 Å². The zero-order valence-corrected chi connectivity index (χ0v) is 15.9. The molecule has 3 aromatic rings. The highest BCUT2D eigenvalue weighted by Crippen LogP contribution is 2.17. The molecule has 0 saturated heterocycles. The summed E-state index contributed by atoms with van der Waals surface area (Å²) in [7, 11) is 1.80. The van der Waals surface area contributed by atoms with E-state index in [4.69, 9.17) is 0 Å². The maximum absolute atomic E-state index is 12.6. The molecule has 4 rings (SSSR count). The van der Waals surface area contributed by atoms with Crippen molar-refractivity contribution in [1.82, 2.24) is 24.2 Å². The van der Waals surface area contributed by atoms with Gasteiger partial charge in [-0.05, 0) is 30.5 Å². The van der Waals surface area contributed by atoms with Crippen LogP contribution in [0.25, 0.3) is 0 Å². The van der Waals surface area contributed by atoms with Gasteiger partial charge in [-0.15, -0.1) is 0 Å². The fourth-order valence-corrected chi connectivity index (χ4v) is 3.75. The molecule has 0 N–H and O–H groups in total. The molecule has 0 atom stereocenters. The number of aryl methyl sites for hydroxylation is 1. The highest BCUT2D eigenvalue weighted by atomic mass is 16.1. The standard InChI is InChI=1S/C21H25N5O/c1-16-23-20-9-13-25(12-8-19(20)21(27)24(16)2)14-17-6-3-4-7-18(17)15-26-11-5-10-22-26/h3-7,10-11H,8-9,12-15H2,1-2H3. The zero-order chi connectivity index (χ0) is 18.8. The van der Waals surface area contributed by atoms with Crippen LogP contribution < -0.4 is 5.56 Å². The van der Waals surface area contributed by atoms with Gasteiger partial charge in [0, 0.05) is 51.1 Å². The molecule has 6 nitrogen and oxygen atoms in total. The first-order chi connectivity index (χ1) is 13.1. The molecule has 1 aliphatic heterocycles. The van der Waals surface area contributed by atoms with Crippen molar-refractivity contribution >= 4 is 0 Å². The van der Waals surface area contributed by atoms with Crippen LogP contribution in [0.15, 0.2) is 47.5 Å². The normalized spacial score (nSPS) is 14.7. The van der Waals surface area contributed by atoms with E-state index in [0.717, 1.165) is 56.1 Å². The fourth-order valence-electron chi connectivity index (χ4n) is 3.75. The number of rotatable bonds is 4. The molecule has 0 spiro atoms. The molecule has 0 aliphatic carbocycles. The zero-order valence-electron chi connectivity index (χ0n) is 15.9. The summed E-state index contributed by atoms with van der Waals surface area (Å²) in [6.07, 6.45) is 5.39. The lowest BCUT2D eigenvalue weighted by Gasteiger charge is -2.21. The van der Waals surface area contributed by atoms with Crippen LogP contribution in [0.4, 0.5) is 0 Å². The third kappa shape index (κ3) is 3.71. The van der Waals surface area contributed by atoms with Gasteiger partial charge in [0.1, 0.15) is 5.82 Å². The Morgan fingerprint density at radius 2 is 1.78 bits per heavy atom. The molecule has 0 saturated carbocycles. The molecule has 140 valence electrons. The summed E-state index contributed by atoms with van der Waals surface area (Å²) in [5.74, 6) is 0.789. The minimum Gasteiger partial charge on any atom is -0.300 e. The second kappa shape index (κ2) is 7.48. The molecule has 1 aliphatic rings. The number of benzene rings is 1. The molecule has 27 heavy (non-hydrogen) atoms. The van der Waals surface area contributed by atoms with E-state index in [9.17, 15) is 4.79 Å². The van der Waals surface area contributed by atoms with E-state index >= 15 is 0 Å². The van der Waals surface area contributed by atoms with Crippen LogP contribution >= 0.6 is 0 Å². The van der Waals surface area contributed by atoms with Gasteiger partial charge in [0.15, 0.2) is 0 Å². The molecular weight excluding hydrogens is 338 g/mol. The van der Waals surface area contributed by atoms with E-state index in [0.29, 0.717) is 0 Å². The van der Waals surface area contributed by atoms with Crippen LogP contribution in [0.1, 0.15) is 28.2 Å². The topological polar surface area (TPSA) is 56.0 Å². The molecule has 0 unspecified atom stereocenters. The Bertz CT molecular complexity index is 990. The van der Waals surface area contributed by atoms with Crippen LogP contribution in [0, 0.1) is 6.92 Å².